The molecule has 0 spiro atoms. The van der Waals surface area contributed by atoms with Gasteiger partial charge in [0.05, 0.1) is 0 Å². The zero-order valence-corrected chi connectivity index (χ0v) is 18.3. The zero-order valence-electron chi connectivity index (χ0n) is 18.3. The topological polar surface area (TPSA) is 3.88 Å². The summed E-state index contributed by atoms with van der Waals surface area (Å²) in [7, 11) is -6.00. The Morgan fingerprint density at radius 1 is 0.727 bits per heavy atom. The van der Waals surface area contributed by atoms with E-state index in [9.17, 15) is 17.3 Å². The van der Waals surface area contributed by atoms with Crippen molar-refractivity contribution in [1.82, 2.24) is 0 Å². The molecule has 0 atom stereocenters. The van der Waals surface area contributed by atoms with E-state index in [0.29, 0.717) is 0 Å². The lowest BCUT2D eigenvalue weighted by Crippen LogP contribution is -2.42. The van der Waals surface area contributed by atoms with E-state index in [-0.39, 0.29) is 0 Å². The smallest absolute Gasteiger partial charge is 0.418 e. The largest absolute Gasteiger partial charge is 0.673 e. The Morgan fingerprint density at radius 3 is 1.97 bits per heavy atom. The number of rotatable bonds is 3. The van der Waals surface area contributed by atoms with Crippen LogP contribution in [-0.2, 0) is 19.4 Å². The first-order chi connectivity index (χ1) is 15.8. The van der Waals surface area contributed by atoms with Gasteiger partial charge in [-0.15, -0.1) is 0 Å². The first-order valence-corrected chi connectivity index (χ1v) is 10.9. The highest BCUT2D eigenvalue weighted by Gasteiger charge is 2.30. The number of aryl methyl sites for hydroxylation is 2. The molecule has 0 bridgehead atoms. The van der Waals surface area contributed by atoms with E-state index in [4.69, 9.17) is 0 Å². The third-order valence-electron chi connectivity index (χ3n) is 5.84. The normalized spacial score (nSPS) is 12.3. The van der Waals surface area contributed by atoms with Crippen LogP contribution in [0.4, 0.5) is 17.3 Å². The molecule has 1 aliphatic carbocycles. The van der Waals surface area contributed by atoms with E-state index in [1.54, 1.807) is 0 Å². The number of pyridine rings is 1. The van der Waals surface area contributed by atoms with Crippen molar-refractivity contribution in [2.75, 3.05) is 0 Å². The number of halogens is 4. The summed E-state index contributed by atoms with van der Waals surface area (Å²) in [5.74, 6) is 0. The summed E-state index contributed by atoms with van der Waals surface area (Å²) in [6.07, 6.45) is 2.20. The van der Waals surface area contributed by atoms with Crippen LogP contribution in [0.25, 0.3) is 22.4 Å². The highest BCUT2D eigenvalue weighted by molar-refractivity contribution is 6.50. The fourth-order valence-electron chi connectivity index (χ4n) is 4.48. The second-order valence-electron chi connectivity index (χ2n) is 8.12. The number of hydrogen-bond acceptors (Lipinski definition) is 0. The highest BCUT2D eigenvalue weighted by Crippen LogP contribution is 2.37. The van der Waals surface area contributed by atoms with Gasteiger partial charge in [-0.3, -0.25) is 0 Å². The summed E-state index contributed by atoms with van der Waals surface area (Å²) in [6, 6.07) is 32.9. The van der Waals surface area contributed by atoms with Crippen molar-refractivity contribution in [3.05, 3.63) is 113 Å². The fraction of sp³-hybridized carbons (Fsp3) is 0.148. The maximum absolute atomic E-state index is 9.75. The molecular weight excluding hydrogens is 425 g/mol. The van der Waals surface area contributed by atoms with Gasteiger partial charge in [0.15, 0.2) is 12.2 Å². The van der Waals surface area contributed by atoms with E-state index in [2.05, 4.69) is 102 Å². The van der Waals surface area contributed by atoms with Crippen LogP contribution in [0.5, 0.6) is 0 Å². The molecule has 0 saturated heterocycles. The number of benzene rings is 3. The second kappa shape index (κ2) is 9.61. The zero-order chi connectivity index (χ0) is 23.4. The van der Waals surface area contributed by atoms with Crippen molar-refractivity contribution in [3.63, 3.8) is 0 Å². The van der Waals surface area contributed by atoms with Crippen molar-refractivity contribution in [2.45, 2.75) is 26.3 Å². The van der Waals surface area contributed by atoms with Gasteiger partial charge in [-0.25, -0.2) is 0 Å². The standard InChI is InChI=1S/C27H24N.BF4/c1-20-18-26(22-12-6-3-7-13-22)25-17-16-23-14-8-9-15-24(23)27(25)28(20)19-21-10-4-2-5-11-21;2-1(3,4)5/h2-15,18H,16-17,19H2,1H3;/q+1;-1. The molecule has 0 radical (unpaired) electrons. The van der Waals surface area contributed by atoms with E-state index in [1.165, 1.54) is 44.8 Å². The molecule has 0 amide bonds. The Balaban J connectivity index is 0.000000471. The predicted molar refractivity (Wildman–Crippen MR) is 125 cm³/mol. The van der Waals surface area contributed by atoms with Gasteiger partial charge in [0.2, 0.25) is 5.69 Å². The van der Waals surface area contributed by atoms with Gasteiger partial charge in [0.25, 0.3) is 0 Å². The Hall–Kier alpha value is -3.41. The summed E-state index contributed by atoms with van der Waals surface area (Å²) in [4.78, 5) is 0. The third kappa shape index (κ3) is 5.51. The molecule has 5 rings (SSSR count). The molecule has 33 heavy (non-hydrogen) atoms. The Kier molecular flexibility index (Phi) is 6.63. The Labute approximate surface area is 191 Å². The predicted octanol–water partition coefficient (Wildman–Crippen LogP) is 7.06. The minimum absolute atomic E-state index is 0.901. The molecule has 0 fully saturated rings. The molecule has 1 heterocycles. The van der Waals surface area contributed by atoms with E-state index >= 15 is 0 Å². The molecule has 0 aliphatic heterocycles. The molecule has 0 unspecified atom stereocenters. The van der Waals surface area contributed by atoms with Gasteiger partial charge in [-0.2, -0.15) is 4.57 Å². The van der Waals surface area contributed by atoms with Crippen LogP contribution >= 0.6 is 0 Å². The highest BCUT2D eigenvalue weighted by atomic mass is 19.5. The van der Waals surface area contributed by atoms with Gasteiger partial charge in [-0.05, 0) is 35.6 Å². The van der Waals surface area contributed by atoms with Crippen LogP contribution in [0, 0.1) is 6.92 Å². The van der Waals surface area contributed by atoms with Crippen molar-refractivity contribution in [3.8, 4) is 22.4 Å². The summed E-state index contributed by atoms with van der Waals surface area (Å²) in [5.41, 5.74) is 11.1. The lowest BCUT2D eigenvalue weighted by atomic mass is 9.84. The Morgan fingerprint density at radius 2 is 1.30 bits per heavy atom. The van der Waals surface area contributed by atoms with Crippen molar-refractivity contribution in [2.24, 2.45) is 0 Å². The number of nitrogens with zero attached hydrogens (tertiary/aromatic N) is 1. The lowest BCUT2D eigenvalue weighted by Gasteiger charge is -2.22. The molecule has 0 saturated carbocycles. The second-order valence-corrected chi connectivity index (χ2v) is 8.12. The van der Waals surface area contributed by atoms with Crippen LogP contribution in [-0.4, -0.2) is 7.25 Å². The average molecular weight is 449 g/mol. The SMILES string of the molecule is Cc1cc(-c2ccccc2)c2c([n+]1Cc1ccccc1)-c1ccccc1CC2.F[B-](F)(F)F. The Bertz CT molecular complexity index is 1230. The number of aromatic nitrogens is 1. The number of hydrogen-bond donors (Lipinski definition) is 0. The van der Waals surface area contributed by atoms with E-state index in [1.807, 2.05) is 0 Å². The van der Waals surface area contributed by atoms with Gasteiger partial charge in [-0.1, -0.05) is 78.9 Å². The lowest BCUT2D eigenvalue weighted by molar-refractivity contribution is -0.683. The molecule has 4 aromatic rings. The summed E-state index contributed by atoms with van der Waals surface area (Å²) < 4.78 is 41.5. The van der Waals surface area contributed by atoms with Crippen LogP contribution in [0.2, 0.25) is 0 Å². The average Bonchev–Trinajstić information content (AvgIpc) is 2.80. The molecule has 168 valence electrons. The van der Waals surface area contributed by atoms with E-state index < -0.39 is 7.25 Å². The maximum atomic E-state index is 9.75. The summed E-state index contributed by atoms with van der Waals surface area (Å²) in [5, 5.41) is 0. The molecule has 3 aromatic carbocycles. The molecule has 1 nitrogen and oxygen atoms in total. The molecular formula is C27H24BF4N. The third-order valence-corrected chi connectivity index (χ3v) is 5.84. The van der Waals surface area contributed by atoms with Crippen LogP contribution in [0.3, 0.4) is 0 Å². The van der Waals surface area contributed by atoms with Gasteiger partial charge < -0.3 is 17.3 Å². The first kappa shape index (κ1) is 22.8. The number of fused-ring (bicyclic) bond motifs is 3. The summed E-state index contributed by atoms with van der Waals surface area (Å²) >= 11 is 0. The van der Waals surface area contributed by atoms with Gasteiger partial charge in [0, 0.05) is 29.7 Å². The van der Waals surface area contributed by atoms with Crippen LogP contribution < -0.4 is 4.57 Å². The van der Waals surface area contributed by atoms with Crippen molar-refractivity contribution < 1.29 is 21.8 Å². The minimum atomic E-state index is -6.00. The van der Waals surface area contributed by atoms with Gasteiger partial charge in [0.1, 0.15) is 0 Å². The van der Waals surface area contributed by atoms with Crippen molar-refractivity contribution >= 4 is 7.25 Å². The van der Waals surface area contributed by atoms with Gasteiger partial charge >= 0.3 is 7.25 Å². The van der Waals surface area contributed by atoms with E-state index in [0.717, 1.165) is 19.4 Å². The summed E-state index contributed by atoms with van der Waals surface area (Å²) in [6.45, 7) is 3.14. The molecule has 0 N–H and O–H groups in total. The maximum Gasteiger partial charge on any atom is 0.673 e. The fourth-order valence-corrected chi connectivity index (χ4v) is 4.48. The first-order valence-electron chi connectivity index (χ1n) is 10.9. The molecule has 1 aliphatic rings. The van der Waals surface area contributed by atoms with Crippen molar-refractivity contribution in [1.29, 1.82) is 0 Å². The molecule has 1 aromatic heterocycles. The minimum Gasteiger partial charge on any atom is -0.418 e. The monoisotopic (exact) mass is 449 g/mol. The molecule has 6 heteroatoms. The van der Waals surface area contributed by atoms with Crippen LogP contribution in [0.15, 0.2) is 91.0 Å². The van der Waals surface area contributed by atoms with Crippen LogP contribution in [0.1, 0.15) is 22.4 Å². The quantitative estimate of drug-likeness (QED) is 0.179.